The first kappa shape index (κ1) is 21.4. The van der Waals surface area contributed by atoms with Crippen molar-refractivity contribution >= 4 is 18.1 Å². The molecule has 0 amide bonds. The largest absolute Gasteiger partial charge is 1.00 e. The summed E-state index contributed by atoms with van der Waals surface area (Å²) in [6, 6.07) is 17.9. The molecule has 2 aliphatic carbocycles. The zero-order chi connectivity index (χ0) is 16.5. The standard InChI is InChI=1S/2C9H7.C4H7Si.2ClH.Zr/c2*1-2-5-9-7-3-6-8(9)4-1;1-3-5-4-2;;;/h2*1-7H;3-5H,1-2H2;2*1H;/q;;;;;+2/p-2. The van der Waals surface area contributed by atoms with Crippen LogP contribution in [0.25, 0.3) is 12.2 Å². The zero-order valence-electron chi connectivity index (χ0n) is 14.5. The number of halogens is 2. The van der Waals surface area contributed by atoms with Gasteiger partial charge in [0.25, 0.3) is 0 Å². The molecule has 2 aromatic carbocycles. The first-order chi connectivity index (χ1) is 11.8. The van der Waals surface area contributed by atoms with E-state index in [0.29, 0.717) is 7.25 Å². The monoisotopic (exact) mass is 473 g/mol. The molecule has 0 N–H and O–H groups in total. The van der Waals surface area contributed by atoms with Crippen LogP contribution in [-0.2, 0) is 20.9 Å². The van der Waals surface area contributed by atoms with Crippen LogP contribution in [0.4, 0.5) is 0 Å². The first-order valence-electron chi connectivity index (χ1n) is 8.49. The summed E-state index contributed by atoms with van der Waals surface area (Å²) in [5.74, 6) is -1.11. The smallest absolute Gasteiger partial charge is 1.00 e. The summed E-state index contributed by atoms with van der Waals surface area (Å²) in [5.41, 5.74) is 10.5. The molecule has 26 heavy (non-hydrogen) atoms. The van der Waals surface area contributed by atoms with Gasteiger partial charge in [0, 0.05) is 0 Å². The molecule has 131 valence electrons. The van der Waals surface area contributed by atoms with Gasteiger partial charge in [0.2, 0.25) is 0 Å². The van der Waals surface area contributed by atoms with Crippen LogP contribution in [-0.4, -0.2) is 5.92 Å². The van der Waals surface area contributed by atoms with E-state index in [1.165, 1.54) is 11.1 Å². The van der Waals surface area contributed by atoms with Gasteiger partial charge in [-0.25, -0.2) is 0 Å². The van der Waals surface area contributed by atoms with Gasteiger partial charge in [-0.2, -0.15) is 0 Å². The van der Waals surface area contributed by atoms with Crippen molar-refractivity contribution in [2.45, 2.75) is 7.25 Å². The van der Waals surface area contributed by atoms with Crippen LogP contribution in [0, 0.1) is 0 Å². The van der Waals surface area contributed by atoms with E-state index >= 15 is 0 Å². The summed E-state index contributed by atoms with van der Waals surface area (Å²) >= 11 is -1.92. The van der Waals surface area contributed by atoms with Crippen molar-refractivity contribution in [1.29, 1.82) is 0 Å². The van der Waals surface area contributed by atoms with Gasteiger partial charge < -0.3 is 24.8 Å². The molecule has 0 saturated heterocycles. The van der Waals surface area contributed by atoms with Crippen molar-refractivity contribution in [1.82, 2.24) is 0 Å². The maximum Gasteiger partial charge on any atom is -1.00 e. The summed E-state index contributed by atoms with van der Waals surface area (Å²) in [5, 5.41) is 0. The third-order valence-electron chi connectivity index (χ3n) is 5.21. The number of benzene rings is 2. The predicted molar refractivity (Wildman–Crippen MR) is 104 cm³/mol. The molecular formula is C22H21Cl2SiZr. The molecule has 2 aromatic rings. The molecular weight excluding hydrogens is 454 g/mol. The zero-order valence-corrected chi connectivity index (χ0v) is 19.6. The van der Waals surface area contributed by atoms with Gasteiger partial charge in [-0.05, 0) is 0 Å². The van der Waals surface area contributed by atoms with E-state index in [2.05, 4.69) is 97.4 Å². The first-order valence-corrected chi connectivity index (χ1v) is 17.5. The van der Waals surface area contributed by atoms with Crippen molar-refractivity contribution in [3.8, 4) is 0 Å². The Balaban J connectivity index is 0.00000121. The molecule has 0 aromatic heterocycles. The Morgan fingerprint density at radius 1 is 0.731 bits per heavy atom. The maximum absolute atomic E-state index is 4.20. The maximum atomic E-state index is 4.20. The summed E-state index contributed by atoms with van der Waals surface area (Å²) < 4.78 is 1.30. The van der Waals surface area contributed by atoms with E-state index in [0.717, 1.165) is 0 Å². The molecule has 0 bridgehead atoms. The van der Waals surface area contributed by atoms with Crippen molar-refractivity contribution in [2.24, 2.45) is 0 Å². The van der Waals surface area contributed by atoms with Gasteiger partial charge in [-0.15, -0.1) is 0 Å². The van der Waals surface area contributed by atoms with E-state index in [1.807, 2.05) is 0 Å². The Kier molecular flexibility index (Phi) is 7.67. The third kappa shape index (κ3) is 3.71. The van der Waals surface area contributed by atoms with Gasteiger partial charge in [-0.1, -0.05) is 0 Å². The Labute approximate surface area is 177 Å². The van der Waals surface area contributed by atoms with Crippen LogP contribution in [0.1, 0.15) is 29.5 Å². The SMILES string of the molecule is C=C[SiH](C=C)[Zr+2]([CH]1C=Cc2ccccc21)[CH]1C=Cc2ccccc21.[Cl-].[Cl-]. The van der Waals surface area contributed by atoms with Crippen LogP contribution in [0.15, 0.2) is 85.2 Å². The van der Waals surface area contributed by atoms with E-state index in [-0.39, 0.29) is 24.8 Å². The topological polar surface area (TPSA) is 0 Å². The Morgan fingerprint density at radius 2 is 1.15 bits per heavy atom. The van der Waals surface area contributed by atoms with Gasteiger partial charge in [0.1, 0.15) is 0 Å². The second-order valence-electron chi connectivity index (χ2n) is 6.43. The average molecular weight is 476 g/mol. The summed E-state index contributed by atoms with van der Waals surface area (Å²) in [6.07, 6.45) is 9.65. The molecule has 2 unspecified atom stereocenters. The summed E-state index contributed by atoms with van der Waals surface area (Å²) in [4.78, 5) is 0. The summed E-state index contributed by atoms with van der Waals surface area (Å²) in [6.45, 7) is 8.40. The molecule has 0 saturated carbocycles. The van der Waals surface area contributed by atoms with E-state index in [9.17, 15) is 0 Å². The van der Waals surface area contributed by atoms with E-state index in [4.69, 9.17) is 0 Å². The fourth-order valence-electron chi connectivity index (χ4n) is 4.06. The number of fused-ring (bicyclic) bond motifs is 2. The molecule has 0 heterocycles. The second-order valence-corrected chi connectivity index (χ2v) is 22.8. The molecule has 4 heteroatoms. The molecule has 0 aliphatic heterocycles. The Hall–Kier alpha value is -0.920. The fourth-order valence-corrected chi connectivity index (χ4v) is 24.8. The second kappa shape index (κ2) is 9.33. The van der Waals surface area contributed by atoms with E-state index in [1.54, 1.807) is 11.1 Å². The molecule has 0 spiro atoms. The molecule has 0 nitrogen and oxygen atoms in total. The Morgan fingerprint density at radius 3 is 1.58 bits per heavy atom. The van der Waals surface area contributed by atoms with Crippen molar-refractivity contribution in [3.05, 3.63) is 107 Å². The van der Waals surface area contributed by atoms with Gasteiger partial charge in [0.15, 0.2) is 0 Å². The Bertz CT molecular complexity index is 789. The minimum Gasteiger partial charge on any atom is -1.00 e. The van der Waals surface area contributed by atoms with Gasteiger partial charge in [-0.3, -0.25) is 0 Å². The molecule has 0 fully saturated rings. The van der Waals surface area contributed by atoms with Gasteiger partial charge >= 0.3 is 154 Å². The minimum absolute atomic E-state index is 0. The number of hydrogen-bond donors (Lipinski definition) is 0. The van der Waals surface area contributed by atoms with Crippen LogP contribution >= 0.6 is 0 Å². The van der Waals surface area contributed by atoms with Crippen molar-refractivity contribution in [3.63, 3.8) is 0 Å². The van der Waals surface area contributed by atoms with Crippen molar-refractivity contribution in [2.75, 3.05) is 0 Å². The minimum atomic E-state index is -1.92. The van der Waals surface area contributed by atoms with E-state index < -0.39 is 26.8 Å². The molecule has 4 rings (SSSR count). The van der Waals surface area contributed by atoms with Crippen LogP contribution in [0.2, 0.25) is 0 Å². The van der Waals surface area contributed by atoms with Crippen molar-refractivity contribution < 1.29 is 45.7 Å². The quantitative estimate of drug-likeness (QED) is 0.503. The predicted octanol–water partition coefficient (Wildman–Crippen LogP) is -0.677. The average Bonchev–Trinajstić information content (AvgIpc) is 3.24. The normalized spacial score (nSPS) is 18.5. The van der Waals surface area contributed by atoms with Gasteiger partial charge in [0.05, 0.1) is 0 Å². The van der Waals surface area contributed by atoms with Crippen LogP contribution < -0.4 is 24.8 Å². The van der Waals surface area contributed by atoms with Crippen LogP contribution in [0.5, 0.6) is 0 Å². The molecule has 0 radical (unpaired) electrons. The number of hydrogen-bond acceptors (Lipinski definition) is 0. The summed E-state index contributed by atoms with van der Waals surface area (Å²) in [7, 11) is 0. The molecule has 2 atom stereocenters. The third-order valence-corrected chi connectivity index (χ3v) is 26.4. The molecule has 2 aliphatic rings. The fraction of sp³-hybridized carbons (Fsp3) is 0.0909. The number of allylic oxidation sites excluding steroid dienone is 2. The van der Waals surface area contributed by atoms with Crippen LogP contribution in [0.3, 0.4) is 0 Å². The number of rotatable bonds is 5.